The molecule has 0 spiro atoms. The fraction of sp³-hybridized carbons (Fsp3) is 0.207. The third-order valence-electron chi connectivity index (χ3n) is 6.61. The fourth-order valence-corrected chi connectivity index (χ4v) is 6.46. The second kappa shape index (κ2) is 7.68. The van der Waals surface area contributed by atoms with E-state index < -0.39 is 8.07 Å². The molecule has 0 bridgehead atoms. The number of pyridine rings is 1. The highest BCUT2D eigenvalue weighted by Gasteiger charge is 2.23. The van der Waals surface area contributed by atoms with Gasteiger partial charge in [-0.05, 0) is 46.6 Å². The Kier molecular flexibility index (Phi) is 5.07. The average molecular weight is 452 g/mol. The van der Waals surface area contributed by atoms with Gasteiger partial charge in [-0.3, -0.25) is 4.98 Å². The average Bonchev–Trinajstić information content (AvgIpc) is 3.16. The summed E-state index contributed by atoms with van der Waals surface area (Å²) >= 11 is 1.87. The van der Waals surface area contributed by atoms with Crippen molar-refractivity contribution in [3.63, 3.8) is 0 Å². The number of nitrogens with zero attached hydrogens (tertiary/aromatic N) is 1. The Labute approximate surface area is 195 Å². The van der Waals surface area contributed by atoms with Crippen molar-refractivity contribution < 1.29 is 0 Å². The summed E-state index contributed by atoms with van der Waals surface area (Å²) in [7, 11) is -1.34. The SMILES string of the molecule is CC(C)(c1ccccc1)c1ccc2sc3ccc(-c4ccc([Si](C)(C)C)cn4)cc3c2c1. The smallest absolute Gasteiger partial charge is 0.0796 e. The molecule has 0 unspecified atom stereocenters. The van der Waals surface area contributed by atoms with Gasteiger partial charge in [0.25, 0.3) is 0 Å². The van der Waals surface area contributed by atoms with Gasteiger partial charge in [0.15, 0.2) is 0 Å². The highest BCUT2D eigenvalue weighted by molar-refractivity contribution is 7.25. The topological polar surface area (TPSA) is 12.9 Å². The van der Waals surface area contributed by atoms with Gasteiger partial charge in [-0.25, -0.2) is 0 Å². The second-order valence-electron chi connectivity index (χ2n) is 10.2. The summed E-state index contributed by atoms with van der Waals surface area (Å²) in [5, 5.41) is 4.06. The molecule has 5 aromatic rings. The molecular formula is C29H29NSSi. The van der Waals surface area contributed by atoms with Crippen LogP contribution in [0.25, 0.3) is 31.4 Å². The molecule has 160 valence electrons. The maximum absolute atomic E-state index is 4.82. The molecule has 1 nitrogen and oxygen atoms in total. The number of rotatable bonds is 4. The summed E-state index contributed by atoms with van der Waals surface area (Å²) in [6.07, 6.45) is 2.08. The first-order valence-corrected chi connectivity index (χ1v) is 15.5. The molecule has 0 aliphatic heterocycles. The van der Waals surface area contributed by atoms with E-state index in [1.54, 1.807) is 0 Å². The van der Waals surface area contributed by atoms with E-state index >= 15 is 0 Å². The van der Waals surface area contributed by atoms with Gasteiger partial charge in [0, 0.05) is 37.3 Å². The summed E-state index contributed by atoms with van der Waals surface area (Å²) in [4.78, 5) is 4.82. The Morgan fingerprint density at radius 2 is 1.41 bits per heavy atom. The fourth-order valence-electron chi connectivity index (χ4n) is 4.36. The summed E-state index contributed by atoms with van der Waals surface area (Å²) in [6.45, 7) is 11.7. The first-order chi connectivity index (χ1) is 15.2. The molecular weight excluding hydrogens is 422 g/mol. The number of thiophene rings is 1. The van der Waals surface area contributed by atoms with E-state index in [0.717, 1.165) is 5.69 Å². The van der Waals surface area contributed by atoms with Crippen molar-refractivity contribution in [1.82, 2.24) is 4.98 Å². The highest BCUT2D eigenvalue weighted by atomic mass is 32.1. The van der Waals surface area contributed by atoms with Gasteiger partial charge in [0.2, 0.25) is 0 Å². The monoisotopic (exact) mass is 451 g/mol. The lowest BCUT2D eigenvalue weighted by atomic mass is 9.78. The van der Waals surface area contributed by atoms with Crippen LogP contribution in [0.15, 0.2) is 85.1 Å². The van der Waals surface area contributed by atoms with Gasteiger partial charge in [0.1, 0.15) is 0 Å². The lowest BCUT2D eigenvalue weighted by molar-refractivity contribution is 0.642. The standard InChI is InChI=1S/C29H29NSSi/c1-29(2,21-9-7-6-8-10-21)22-12-16-28-25(18-22)24-17-20(11-15-27(24)31-28)26-14-13-23(19-30-26)32(3,4)5/h6-19H,1-5H3. The van der Waals surface area contributed by atoms with Crippen LogP contribution in [0.1, 0.15) is 25.0 Å². The van der Waals surface area contributed by atoms with E-state index in [1.165, 1.54) is 42.0 Å². The van der Waals surface area contributed by atoms with Crippen molar-refractivity contribution in [3.8, 4) is 11.3 Å². The van der Waals surface area contributed by atoms with Crippen LogP contribution in [0, 0.1) is 0 Å². The quantitative estimate of drug-likeness (QED) is 0.252. The van der Waals surface area contributed by atoms with Gasteiger partial charge < -0.3 is 0 Å². The van der Waals surface area contributed by atoms with Gasteiger partial charge >= 0.3 is 0 Å². The molecule has 0 aliphatic carbocycles. The van der Waals surface area contributed by atoms with Crippen molar-refractivity contribution in [2.75, 3.05) is 0 Å². The van der Waals surface area contributed by atoms with Crippen LogP contribution < -0.4 is 5.19 Å². The van der Waals surface area contributed by atoms with Gasteiger partial charge in [-0.1, -0.05) is 82.0 Å². The Hall–Kier alpha value is -2.75. The molecule has 0 radical (unpaired) electrons. The normalized spacial score (nSPS) is 12.5. The van der Waals surface area contributed by atoms with Crippen LogP contribution in [-0.4, -0.2) is 13.1 Å². The minimum absolute atomic E-state index is 0.0461. The van der Waals surface area contributed by atoms with Crippen LogP contribution in [0.4, 0.5) is 0 Å². The zero-order chi connectivity index (χ0) is 22.5. The highest BCUT2D eigenvalue weighted by Crippen LogP contribution is 2.40. The molecule has 3 aromatic carbocycles. The number of hydrogen-bond acceptors (Lipinski definition) is 2. The third kappa shape index (κ3) is 3.70. The van der Waals surface area contributed by atoms with Crippen molar-refractivity contribution in [2.45, 2.75) is 38.9 Å². The van der Waals surface area contributed by atoms with E-state index in [1.807, 2.05) is 11.3 Å². The molecule has 5 rings (SSSR count). The Bertz CT molecular complexity index is 1410. The van der Waals surface area contributed by atoms with Crippen molar-refractivity contribution in [2.24, 2.45) is 0 Å². The van der Waals surface area contributed by atoms with Crippen LogP contribution in [0.3, 0.4) is 0 Å². The predicted octanol–water partition coefficient (Wildman–Crippen LogP) is 7.99. The van der Waals surface area contributed by atoms with Gasteiger partial charge in [-0.2, -0.15) is 0 Å². The Morgan fingerprint density at radius 1 is 0.719 bits per heavy atom. The number of hydrogen-bond donors (Lipinski definition) is 0. The minimum Gasteiger partial charge on any atom is -0.256 e. The van der Waals surface area contributed by atoms with E-state index in [9.17, 15) is 0 Å². The zero-order valence-electron chi connectivity index (χ0n) is 19.4. The molecule has 2 aromatic heterocycles. The number of fused-ring (bicyclic) bond motifs is 3. The zero-order valence-corrected chi connectivity index (χ0v) is 21.3. The molecule has 0 amide bonds. The molecule has 0 N–H and O–H groups in total. The number of benzene rings is 3. The van der Waals surface area contributed by atoms with E-state index in [4.69, 9.17) is 4.98 Å². The van der Waals surface area contributed by atoms with E-state index in [-0.39, 0.29) is 5.41 Å². The first kappa shape index (κ1) is 21.1. The molecule has 0 saturated heterocycles. The molecule has 3 heteroatoms. The maximum atomic E-state index is 4.82. The lowest BCUT2D eigenvalue weighted by Crippen LogP contribution is -2.37. The summed E-state index contributed by atoms with van der Waals surface area (Å²) in [6, 6.07) is 29.0. The molecule has 0 atom stereocenters. The first-order valence-electron chi connectivity index (χ1n) is 11.2. The Balaban J connectivity index is 1.61. The van der Waals surface area contributed by atoms with Crippen molar-refractivity contribution >= 4 is 44.8 Å². The van der Waals surface area contributed by atoms with E-state index in [2.05, 4.69) is 119 Å². The second-order valence-corrected chi connectivity index (χ2v) is 16.4. The van der Waals surface area contributed by atoms with Crippen LogP contribution in [0.2, 0.25) is 19.6 Å². The van der Waals surface area contributed by atoms with Crippen molar-refractivity contribution in [1.29, 1.82) is 0 Å². The predicted molar refractivity (Wildman–Crippen MR) is 144 cm³/mol. The van der Waals surface area contributed by atoms with Crippen LogP contribution in [0.5, 0.6) is 0 Å². The van der Waals surface area contributed by atoms with Crippen LogP contribution in [-0.2, 0) is 5.41 Å². The summed E-state index contributed by atoms with van der Waals surface area (Å²) in [5.74, 6) is 0. The van der Waals surface area contributed by atoms with Gasteiger partial charge in [-0.15, -0.1) is 11.3 Å². The molecule has 0 fully saturated rings. The maximum Gasteiger partial charge on any atom is 0.0796 e. The van der Waals surface area contributed by atoms with Crippen LogP contribution >= 0.6 is 11.3 Å². The summed E-state index contributed by atoms with van der Waals surface area (Å²) in [5.41, 5.74) is 4.88. The summed E-state index contributed by atoms with van der Waals surface area (Å²) < 4.78 is 2.67. The largest absolute Gasteiger partial charge is 0.256 e. The molecule has 0 saturated carbocycles. The molecule has 32 heavy (non-hydrogen) atoms. The lowest BCUT2D eigenvalue weighted by Gasteiger charge is -2.26. The Morgan fingerprint density at radius 3 is 2.06 bits per heavy atom. The molecule has 0 aliphatic rings. The number of aromatic nitrogens is 1. The minimum atomic E-state index is -1.34. The van der Waals surface area contributed by atoms with E-state index in [0.29, 0.717) is 0 Å². The van der Waals surface area contributed by atoms with Gasteiger partial charge in [0.05, 0.1) is 13.8 Å². The van der Waals surface area contributed by atoms with Crippen molar-refractivity contribution in [3.05, 3.63) is 96.2 Å². The molecule has 2 heterocycles. The third-order valence-corrected chi connectivity index (χ3v) is 9.79.